The van der Waals surface area contributed by atoms with Gasteiger partial charge in [-0.25, -0.2) is 0 Å². The third-order valence-corrected chi connectivity index (χ3v) is 9.12. The standard InChI is InChI=1S/C10H14ClOPS2/c1-4-13(14,12-3)15-9-5-6-10(11)8(2)7-9/h5-7H,4H2,1-3H3. The van der Waals surface area contributed by atoms with Crippen LogP contribution in [-0.4, -0.2) is 13.3 Å². The zero-order chi connectivity index (χ0) is 11.5. The quantitative estimate of drug-likeness (QED) is 0.739. The van der Waals surface area contributed by atoms with Gasteiger partial charge in [0.15, 0.2) is 0 Å². The molecule has 0 heterocycles. The lowest BCUT2D eigenvalue weighted by Crippen LogP contribution is -1.84. The van der Waals surface area contributed by atoms with E-state index in [4.69, 9.17) is 27.9 Å². The molecule has 0 saturated heterocycles. The molecular weight excluding hydrogens is 267 g/mol. The van der Waals surface area contributed by atoms with Crippen LogP contribution in [0.4, 0.5) is 0 Å². The van der Waals surface area contributed by atoms with E-state index in [1.54, 1.807) is 18.5 Å². The summed E-state index contributed by atoms with van der Waals surface area (Å²) >= 11 is 13.1. The molecule has 1 aromatic carbocycles. The van der Waals surface area contributed by atoms with Crippen LogP contribution in [0.2, 0.25) is 5.02 Å². The molecule has 0 spiro atoms. The van der Waals surface area contributed by atoms with Gasteiger partial charge < -0.3 is 4.52 Å². The molecule has 0 saturated carbocycles. The molecule has 1 unspecified atom stereocenters. The second kappa shape index (κ2) is 5.70. The van der Waals surface area contributed by atoms with Crippen LogP contribution in [0.5, 0.6) is 0 Å². The Morgan fingerprint density at radius 1 is 1.53 bits per heavy atom. The Labute approximate surface area is 105 Å². The molecule has 0 radical (unpaired) electrons. The fourth-order valence-electron chi connectivity index (χ4n) is 1.07. The molecule has 1 atom stereocenters. The molecule has 5 heteroatoms. The number of rotatable bonds is 4. The lowest BCUT2D eigenvalue weighted by molar-refractivity contribution is 0.471. The Kier molecular flexibility index (Phi) is 5.14. The second-order valence-corrected chi connectivity index (χ2v) is 11.2. The van der Waals surface area contributed by atoms with E-state index in [1.807, 2.05) is 19.1 Å². The fraction of sp³-hybridized carbons (Fsp3) is 0.400. The van der Waals surface area contributed by atoms with Gasteiger partial charge in [-0.1, -0.05) is 41.7 Å². The molecule has 1 nitrogen and oxygen atoms in total. The summed E-state index contributed by atoms with van der Waals surface area (Å²) in [6, 6.07) is 5.96. The smallest absolute Gasteiger partial charge is 0.123 e. The van der Waals surface area contributed by atoms with Gasteiger partial charge in [-0.05, 0) is 30.7 Å². The lowest BCUT2D eigenvalue weighted by Gasteiger charge is -2.17. The van der Waals surface area contributed by atoms with E-state index >= 15 is 0 Å². The van der Waals surface area contributed by atoms with Crippen LogP contribution in [0, 0.1) is 6.92 Å². The summed E-state index contributed by atoms with van der Waals surface area (Å²) in [7, 11) is 1.69. The molecule has 0 bridgehead atoms. The van der Waals surface area contributed by atoms with E-state index in [9.17, 15) is 0 Å². The summed E-state index contributed by atoms with van der Waals surface area (Å²) in [5.41, 5.74) is -0.652. The number of benzene rings is 1. The molecule has 84 valence electrons. The maximum absolute atomic E-state index is 5.96. The van der Waals surface area contributed by atoms with Crippen molar-refractivity contribution in [1.82, 2.24) is 0 Å². The molecular formula is C10H14ClOPS2. The Morgan fingerprint density at radius 2 is 2.20 bits per heavy atom. The van der Waals surface area contributed by atoms with E-state index in [0.717, 1.165) is 21.6 Å². The second-order valence-electron chi connectivity index (χ2n) is 3.11. The van der Waals surface area contributed by atoms with Crippen molar-refractivity contribution in [2.75, 3.05) is 13.3 Å². The first kappa shape index (κ1) is 13.5. The van der Waals surface area contributed by atoms with Crippen LogP contribution in [0.1, 0.15) is 12.5 Å². The molecule has 0 aromatic heterocycles. The van der Waals surface area contributed by atoms with Gasteiger partial charge in [-0.3, -0.25) is 0 Å². The highest BCUT2D eigenvalue weighted by atomic mass is 35.5. The first-order chi connectivity index (χ1) is 7.00. The summed E-state index contributed by atoms with van der Waals surface area (Å²) in [4.78, 5) is 1.14. The highest BCUT2D eigenvalue weighted by molar-refractivity contribution is 8.69. The topological polar surface area (TPSA) is 9.23 Å². The van der Waals surface area contributed by atoms with E-state index < -0.39 is 5.47 Å². The predicted molar refractivity (Wildman–Crippen MR) is 73.9 cm³/mol. The number of halogens is 1. The number of hydrogen-bond donors (Lipinski definition) is 0. The summed E-state index contributed by atoms with van der Waals surface area (Å²) in [6.07, 6.45) is 0.894. The summed E-state index contributed by atoms with van der Waals surface area (Å²) < 4.78 is 5.42. The molecule has 1 rings (SSSR count). The number of hydrogen-bond acceptors (Lipinski definition) is 3. The molecule has 0 fully saturated rings. The Bertz CT molecular complexity index is 387. The van der Waals surface area contributed by atoms with Gasteiger partial charge in [0.1, 0.15) is 5.47 Å². The zero-order valence-corrected chi connectivity index (χ0v) is 12.3. The van der Waals surface area contributed by atoms with Crippen LogP contribution in [0.3, 0.4) is 0 Å². The average molecular weight is 281 g/mol. The molecule has 0 aliphatic heterocycles. The Morgan fingerprint density at radius 3 is 2.67 bits per heavy atom. The minimum Gasteiger partial charge on any atom is -0.344 e. The predicted octanol–water partition coefficient (Wildman–Crippen LogP) is 4.72. The Hall–Kier alpha value is 0.470. The van der Waals surface area contributed by atoms with Crippen molar-refractivity contribution in [3.8, 4) is 0 Å². The average Bonchev–Trinajstić information content (AvgIpc) is 2.23. The SMILES string of the molecule is CCP(=S)(OC)Sc1ccc(Cl)c(C)c1. The normalized spacial score (nSPS) is 14.9. The minimum atomic E-state index is -1.73. The van der Waals surface area contributed by atoms with Crippen LogP contribution < -0.4 is 0 Å². The van der Waals surface area contributed by atoms with E-state index in [0.29, 0.717) is 0 Å². The molecule has 15 heavy (non-hydrogen) atoms. The van der Waals surface area contributed by atoms with Gasteiger partial charge in [-0.15, -0.1) is 0 Å². The molecule has 0 aliphatic carbocycles. The number of aryl methyl sites for hydroxylation is 1. The van der Waals surface area contributed by atoms with E-state index in [-0.39, 0.29) is 0 Å². The van der Waals surface area contributed by atoms with Crippen LogP contribution >= 0.6 is 28.4 Å². The third-order valence-electron chi connectivity index (χ3n) is 2.04. The van der Waals surface area contributed by atoms with Crippen LogP contribution in [0.25, 0.3) is 0 Å². The maximum atomic E-state index is 5.96. The van der Waals surface area contributed by atoms with Crippen molar-refractivity contribution in [2.45, 2.75) is 18.7 Å². The van der Waals surface area contributed by atoms with Crippen molar-refractivity contribution in [1.29, 1.82) is 0 Å². The van der Waals surface area contributed by atoms with Crippen LogP contribution in [0.15, 0.2) is 23.1 Å². The van der Waals surface area contributed by atoms with Gasteiger partial charge in [0.25, 0.3) is 0 Å². The highest BCUT2D eigenvalue weighted by Gasteiger charge is 2.15. The monoisotopic (exact) mass is 280 g/mol. The minimum absolute atomic E-state index is 0.793. The van der Waals surface area contributed by atoms with Crippen molar-refractivity contribution < 1.29 is 4.52 Å². The molecule has 0 amide bonds. The van der Waals surface area contributed by atoms with E-state index in [2.05, 4.69) is 13.0 Å². The van der Waals surface area contributed by atoms with Crippen LogP contribution in [-0.2, 0) is 16.3 Å². The first-order valence-electron chi connectivity index (χ1n) is 4.61. The van der Waals surface area contributed by atoms with Gasteiger partial charge in [-0.2, -0.15) is 0 Å². The largest absolute Gasteiger partial charge is 0.344 e. The Balaban J connectivity index is 2.90. The summed E-state index contributed by atoms with van der Waals surface area (Å²) in [5, 5.41) is 0.793. The van der Waals surface area contributed by atoms with Crippen molar-refractivity contribution in [3.05, 3.63) is 28.8 Å². The van der Waals surface area contributed by atoms with Gasteiger partial charge in [0.2, 0.25) is 0 Å². The highest BCUT2D eigenvalue weighted by Crippen LogP contribution is 2.62. The fourth-order valence-corrected chi connectivity index (χ4v) is 5.01. The summed E-state index contributed by atoms with van der Waals surface area (Å²) in [6.45, 7) is 4.06. The lowest BCUT2D eigenvalue weighted by atomic mass is 10.2. The first-order valence-corrected chi connectivity index (χ1v) is 9.32. The van der Waals surface area contributed by atoms with E-state index in [1.165, 1.54) is 0 Å². The van der Waals surface area contributed by atoms with Crippen molar-refractivity contribution in [2.24, 2.45) is 0 Å². The summed E-state index contributed by atoms with van der Waals surface area (Å²) in [5.74, 6) is 0. The molecule has 1 aromatic rings. The van der Waals surface area contributed by atoms with Gasteiger partial charge >= 0.3 is 0 Å². The van der Waals surface area contributed by atoms with Crippen molar-refractivity contribution >= 4 is 40.3 Å². The van der Waals surface area contributed by atoms with Gasteiger partial charge in [0, 0.05) is 23.2 Å². The zero-order valence-electron chi connectivity index (χ0n) is 8.99. The third kappa shape index (κ3) is 3.76. The molecule has 0 N–H and O–H groups in total. The van der Waals surface area contributed by atoms with Crippen molar-refractivity contribution in [3.63, 3.8) is 0 Å². The van der Waals surface area contributed by atoms with Gasteiger partial charge in [0.05, 0.1) is 0 Å². The molecule has 0 aliphatic rings. The maximum Gasteiger partial charge on any atom is 0.123 e.